The average Bonchev–Trinajstić information content (AvgIpc) is 3.05. The van der Waals surface area contributed by atoms with E-state index in [0.29, 0.717) is 25.4 Å². The summed E-state index contributed by atoms with van der Waals surface area (Å²) in [5.41, 5.74) is 0.921. The molecule has 8 nitrogen and oxygen atoms in total. The molecule has 0 saturated carbocycles. The Balaban J connectivity index is 1.48. The monoisotopic (exact) mass is 647 g/mol. The number of hydrogen-bond acceptors (Lipinski definition) is 6. The highest BCUT2D eigenvalue weighted by Crippen LogP contribution is 2.36. The normalized spacial score (nSPS) is 12.5. The second-order valence-electron chi connectivity index (χ2n) is 11.7. The van der Waals surface area contributed by atoms with Crippen molar-refractivity contribution in [3.05, 3.63) is 60.4 Å². The van der Waals surface area contributed by atoms with Crippen molar-refractivity contribution in [1.82, 2.24) is 5.32 Å². The van der Waals surface area contributed by atoms with E-state index >= 15 is 0 Å². The summed E-state index contributed by atoms with van der Waals surface area (Å²) in [5.74, 6) is 0.556. The maximum absolute atomic E-state index is 12.2. The highest BCUT2D eigenvalue weighted by atomic mass is 31.2. The van der Waals surface area contributed by atoms with Gasteiger partial charge in [0.15, 0.2) is 18.9 Å². The number of rotatable bonds is 28. The molecule has 2 unspecified atom stereocenters. The van der Waals surface area contributed by atoms with E-state index in [1.165, 1.54) is 89.9 Å². The second kappa shape index (κ2) is 26.9. The van der Waals surface area contributed by atoms with Crippen LogP contribution in [0.15, 0.2) is 54.9 Å². The van der Waals surface area contributed by atoms with E-state index in [-0.39, 0.29) is 13.2 Å². The van der Waals surface area contributed by atoms with E-state index in [9.17, 15) is 9.69 Å². The maximum Gasteiger partial charge on any atom is 0.407 e. The lowest BCUT2D eigenvalue weighted by Gasteiger charge is -2.19. The van der Waals surface area contributed by atoms with Gasteiger partial charge in [-0.3, -0.25) is 4.52 Å². The first kappa shape index (κ1) is 38.9. The van der Waals surface area contributed by atoms with Crippen LogP contribution in [0.5, 0.6) is 5.75 Å². The molecule has 0 aliphatic heterocycles. The van der Waals surface area contributed by atoms with Crippen LogP contribution in [0.3, 0.4) is 0 Å². The first-order valence-electron chi connectivity index (χ1n) is 17.5. The Labute approximate surface area is 274 Å². The number of ether oxygens (including phenoxy) is 2. The average molecular weight is 648 g/mol. The van der Waals surface area contributed by atoms with Crippen LogP contribution in [0.2, 0.25) is 0 Å². The van der Waals surface area contributed by atoms with Crippen LogP contribution in [0.1, 0.15) is 122 Å². The third-order valence-electron chi connectivity index (χ3n) is 7.75. The molecule has 9 heteroatoms. The van der Waals surface area contributed by atoms with Gasteiger partial charge >= 0.3 is 14.7 Å². The molecule has 0 spiro atoms. The van der Waals surface area contributed by atoms with Crippen LogP contribution in [0.4, 0.5) is 4.79 Å². The topological polar surface area (TPSA) is 90.1 Å². The van der Waals surface area contributed by atoms with Gasteiger partial charge in [-0.05, 0) is 25.5 Å². The fourth-order valence-electron chi connectivity index (χ4n) is 5.18. The molecular formula is C36H60N2O6P+. The molecule has 0 fully saturated rings. The highest BCUT2D eigenvalue weighted by Gasteiger charge is 2.19. The molecule has 1 amide bonds. The van der Waals surface area contributed by atoms with Gasteiger partial charge in [-0.15, -0.1) is 0 Å². The molecule has 2 rings (SSSR count). The molecule has 2 atom stereocenters. The fraction of sp³-hybridized carbons (Fsp3) is 0.667. The molecule has 1 aromatic heterocycles. The summed E-state index contributed by atoms with van der Waals surface area (Å²) in [7, 11) is -2.19. The molecule has 1 aromatic carbocycles. The zero-order valence-electron chi connectivity index (χ0n) is 28.0. The number of unbranched alkanes of at least 4 members (excludes halogenated alkanes) is 15. The second-order valence-corrected chi connectivity index (χ2v) is 12.6. The Bertz CT molecular complexity index is 983. The Morgan fingerprint density at radius 3 is 1.96 bits per heavy atom. The summed E-state index contributed by atoms with van der Waals surface area (Å²) in [4.78, 5) is 22.6. The van der Waals surface area contributed by atoms with Crippen LogP contribution in [-0.2, 0) is 20.5 Å². The summed E-state index contributed by atoms with van der Waals surface area (Å²) in [6.45, 7) is 5.84. The molecule has 1 heterocycles. The fourth-order valence-corrected chi connectivity index (χ4v) is 5.87. The third kappa shape index (κ3) is 20.5. The van der Waals surface area contributed by atoms with Gasteiger partial charge in [-0.1, -0.05) is 121 Å². The zero-order chi connectivity index (χ0) is 32.2. The lowest BCUT2D eigenvalue weighted by molar-refractivity contribution is -0.688. The summed E-state index contributed by atoms with van der Waals surface area (Å²) < 4.78 is 24.3. The first-order chi connectivity index (χ1) is 22.1. The molecule has 0 bridgehead atoms. The smallest absolute Gasteiger partial charge is 0.407 e. The van der Waals surface area contributed by atoms with E-state index < -0.39 is 20.8 Å². The lowest BCUT2D eigenvalue weighted by atomic mass is 10.0. The number of nitrogens with one attached hydrogen (secondary N) is 1. The molecular weight excluding hydrogens is 587 g/mol. The zero-order valence-corrected chi connectivity index (χ0v) is 28.9. The molecule has 254 valence electrons. The number of carbonyl (C=O) groups excluding carboxylic acids is 1. The van der Waals surface area contributed by atoms with Crippen LogP contribution in [0.25, 0.3) is 0 Å². The number of pyridine rings is 1. The number of nitrogens with zero attached hydrogens (tertiary/aromatic N) is 1. The van der Waals surface area contributed by atoms with Gasteiger partial charge in [0.05, 0.1) is 12.2 Å². The van der Waals surface area contributed by atoms with Crippen LogP contribution in [0, 0.1) is 0 Å². The minimum atomic E-state index is -2.19. The number of amides is 1. The molecule has 0 aliphatic rings. The largest absolute Gasteiger partial charge is 0.447 e. The molecule has 45 heavy (non-hydrogen) atoms. The van der Waals surface area contributed by atoms with E-state index in [1.54, 1.807) is 6.07 Å². The van der Waals surface area contributed by atoms with Crippen molar-refractivity contribution in [1.29, 1.82) is 0 Å². The number of hydrogen-bond donors (Lipinski definition) is 2. The summed E-state index contributed by atoms with van der Waals surface area (Å²) >= 11 is 0. The van der Waals surface area contributed by atoms with Gasteiger partial charge in [0.1, 0.15) is 18.5 Å². The summed E-state index contributed by atoms with van der Waals surface area (Å²) in [6.07, 6.45) is 24.1. The molecule has 0 saturated heterocycles. The lowest BCUT2D eigenvalue weighted by Crippen LogP contribution is -2.33. The predicted molar refractivity (Wildman–Crippen MR) is 182 cm³/mol. The summed E-state index contributed by atoms with van der Waals surface area (Å²) in [6, 6.07) is 13.4. The predicted octanol–water partition coefficient (Wildman–Crippen LogP) is 9.03. The Hall–Kier alpha value is -2.25. The quantitative estimate of drug-likeness (QED) is 0.0544. The van der Waals surface area contributed by atoms with Gasteiger partial charge in [-0.2, -0.15) is 0 Å². The SMILES string of the molecule is CCCCCCCCCCCCCCCCCCNC(=O)OCC(COP(O)Oc1ccccc1C[n+]1ccccc1)OCC. The standard InChI is InChI=1S/C36H59N2O6P/c1-3-5-6-7-8-9-10-11-12-13-14-15-16-17-18-22-27-37-36(39)42-31-34(41-4-2)32-43-45(40)44-35-26-21-20-25-33(35)30-38-28-23-19-24-29-38/h19-21,23-26,28-29,34,40H,3-18,22,27,30-32H2,1-2H3/p+1. The van der Waals surface area contributed by atoms with Gasteiger partial charge in [0.2, 0.25) is 0 Å². The molecule has 0 aliphatic carbocycles. The molecule has 2 aromatic rings. The van der Waals surface area contributed by atoms with E-state index in [4.69, 9.17) is 18.5 Å². The van der Waals surface area contributed by atoms with Crippen molar-refractivity contribution in [2.45, 2.75) is 129 Å². The first-order valence-corrected chi connectivity index (χ1v) is 18.6. The Morgan fingerprint density at radius 2 is 1.36 bits per heavy atom. The third-order valence-corrected chi connectivity index (χ3v) is 8.48. The van der Waals surface area contributed by atoms with Crippen LogP contribution < -0.4 is 14.4 Å². The van der Waals surface area contributed by atoms with Crippen molar-refractivity contribution in [2.24, 2.45) is 0 Å². The number of benzene rings is 1. The van der Waals surface area contributed by atoms with Crippen LogP contribution >= 0.6 is 8.60 Å². The Morgan fingerprint density at radius 1 is 0.778 bits per heavy atom. The van der Waals surface area contributed by atoms with Gasteiger partial charge < -0.3 is 24.2 Å². The molecule has 2 N–H and O–H groups in total. The minimum Gasteiger partial charge on any atom is -0.447 e. The summed E-state index contributed by atoms with van der Waals surface area (Å²) in [5, 5.41) is 2.82. The minimum absolute atomic E-state index is 0.0308. The van der Waals surface area contributed by atoms with Crippen molar-refractivity contribution in [2.75, 3.05) is 26.4 Å². The van der Waals surface area contributed by atoms with Gasteiger partial charge in [0.25, 0.3) is 0 Å². The van der Waals surface area contributed by atoms with Crippen molar-refractivity contribution in [3.63, 3.8) is 0 Å². The van der Waals surface area contributed by atoms with E-state index in [2.05, 4.69) is 12.2 Å². The highest BCUT2D eigenvalue weighted by molar-refractivity contribution is 7.41. The molecule has 0 radical (unpaired) electrons. The maximum atomic E-state index is 12.2. The van der Waals surface area contributed by atoms with E-state index in [0.717, 1.165) is 18.4 Å². The van der Waals surface area contributed by atoms with Crippen LogP contribution in [-0.4, -0.2) is 43.5 Å². The van der Waals surface area contributed by atoms with Crippen molar-refractivity contribution in [3.8, 4) is 5.75 Å². The Kier molecular flexibility index (Phi) is 23.3. The van der Waals surface area contributed by atoms with E-state index in [1.807, 2.05) is 60.3 Å². The van der Waals surface area contributed by atoms with Crippen molar-refractivity contribution < 1.29 is 32.8 Å². The van der Waals surface area contributed by atoms with Gasteiger partial charge in [-0.25, -0.2) is 9.36 Å². The van der Waals surface area contributed by atoms with Gasteiger partial charge in [0, 0.05) is 25.3 Å². The number of aromatic nitrogens is 1. The number of para-hydroxylation sites is 1. The van der Waals surface area contributed by atoms with Crippen molar-refractivity contribution >= 4 is 14.7 Å². The number of alkyl carbamates (subject to hydrolysis) is 1. The number of carbonyl (C=O) groups is 1.